The molecule has 2 aliphatic heterocycles. The summed E-state index contributed by atoms with van der Waals surface area (Å²) in [5.41, 5.74) is 1.48. The lowest BCUT2D eigenvalue weighted by Crippen LogP contribution is -2.44. The molecule has 26 heavy (non-hydrogen) atoms. The number of aromatic nitrogens is 1. The number of carbonyl (C=O) groups is 1. The molecule has 2 bridgehead atoms. The van der Waals surface area contributed by atoms with Crippen LogP contribution in [0.5, 0.6) is 0 Å². The Morgan fingerprint density at radius 3 is 2.85 bits per heavy atom. The van der Waals surface area contributed by atoms with Crippen LogP contribution in [0.4, 0.5) is 0 Å². The lowest BCUT2D eigenvalue weighted by molar-refractivity contribution is -0.127. The van der Waals surface area contributed by atoms with Gasteiger partial charge in [0.05, 0.1) is 12.0 Å². The number of allylic oxidation sites excluding steroid dienone is 1. The first-order valence-electron chi connectivity index (χ1n) is 9.67. The van der Waals surface area contributed by atoms with E-state index < -0.39 is 0 Å². The standard InChI is InChI=1S/C20H27N3O3/c1-2-5-12-8-9-16-18-17(19(25)21-13-6-3-4-7-13)14(11-24)15(22-18)10-23(16)20(12)26/h2,5,8-9,13-15,17-18,22,24H,3-4,6-7,10-11H2,1H3,(H,21,25)/b5-2+/t14-,15-,17+,18+/m0/s1. The van der Waals surface area contributed by atoms with Crippen molar-refractivity contribution >= 4 is 12.0 Å². The van der Waals surface area contributed by atoms with Crippen molar-refractivity contribution in [3.8, 4) is 0 Å². The molecule has 1 saturated heterocycles. The third-order valence-corrected chi connectivity index (χ3v) is 6.23. The monoisotopic (exact) mass is 357 g/mol. The maximum atomic E-state index is 13.0. The molecule has 6 nitrogen and oxygen atoms in total. The van der Waals surface area contributed by atoms with Crippen LogP contribution < -0.4 is 16.2 Å². The highest BCUT2D eigenvalue weighted by Crippen LogP contribution is 2.41. The number of rotatable bonds is 4. The zero-order chi connectivity index (χ0) is 18.3. The summed E-state index contributed by atoms with van der Waals surface area (Å²) in [6.07, 6.45) is 8.06. The highest BCUT2D eigenvalue weighted by Gasteiger charge is 2.51. The van der Waals surface area contributed by atoms with Gasteiger partial charge < -0.3 is 20.3 Å². The number of nitrogens with zero attached hydrogens (tertiary/aromatic N) is 1. The first-order valence-corrected chi connectivity index (χ1v) is 9.67. The molecular formula is C20H27N3O3. The van der Waals surface area contributed by atoms with Gasteiger partial charge in [0.25, 0.3) is 5.56 Å². The first kappa shape index (κ1) is 17.5. The van der Waals surface area contributed by atoms with Gasteiger partial charge in [0.1, 0.15) is 0 Å². The summed E-state index contributed by atoms with van der Waals surface area (Å²) in [4.78, 5) is 25.8. The van der Waals surface area contributed by atoms with Crippen molar-refractivity contribution < 1.29 is 9.90 Å². The molecule has 4 rings (SSSR count). The second-order valence-corrected chi connectivity index (χ2v) is 7.74. The van der Waals surface area contributed by atoms with Gasteiger partial charge in [0.2, 0.25) is 5.91 Å². The minimum Gasteiger partial charge on any atom is -0.396 e. The summed E-state index contributed by atoms with van der Waals surface area (Å²) in [5, 5.41) is 16.6. The molecule has 1 aromatic heterocycles. The maximum Gasteiger partial charge on any atom is 0.258 e. The fourth-order valence-corrected chi connectivity index (χ4v) is 4.94. The van der Waals surface area contributed by atoms with Crippen molar-refractivity contribution in [1.82, 2.24) is 15.2 Å². The third kappa shape index (κ3) is 2.81. The summed E-state index contributed by atoms with van der Waals surface area (Å²) in [5.74, 6) is -0.508. The van der Waals surface area contributed by atoms with Crippen molar-refractivity contribution in [2.45, 2.75) is 57.3 Å². The summed E-state index contributed by atoms with van der Waals surface area (Å²) in [7, 11) is 0. The molecule has 3 aliphatic rings. The Balaban J connectivity index is 1.67. The summed E-state index contributed by atoms with van der Waals surface area (Å²) in [6.45, 7) is 2.33. The lowest BCUT2D eigenvalue weighted by atomic mass is 9.86. The molecule has 0 spiro atoms. The van der Waals surface area contributed by atoms with Gasteiger partial charge in [0.15, 0.2) is 0 Å². The van der Waals surface area contributed by atoms with Crippen LogP contribution in [0, 0.1) is 11.8 Å². The SMILES string of the molecule is C/C=C/c1ccc2n(c1=O)C[C@@H]1N[C@H]2[C@H](C(=O)NC2CCCC2)[C@H]1CO. The number of aliphatic hydroxyl groups excluding tert-OH is 1. The van der Waals surface area contributed by atoms with Crippen LogP contribution in [-0.4, -0.2) is 34.3 Å². The van der Waals surface area contributed by atoms with Crippen molar-refractivity contribution in [2.24, 2.45) is 11.8 Å². The van der Waals surface area contributed by atoms with Gasteiger partial charge in [-0.15, -0.1) is 0 Å². The van der Waals surface area contributed by atoms with Crippen LogP contribution in [0.3, 0.4) is 0 Å². The average molecular weight is 357 g/mol. The van der Waals surface area contributed by atoms with Crippen LogP contribution in [-0.2, 0) is 11.3 Å². The second kappa shape index (κ2) is 7.00. The normalized spacial score (nSPS) is 30.7. The van der Waals surface area contributed by atoms with Crippen LogP contribution in [0.2, 0.25) is 0 Å². The minimum absolute atomic E-state index is 0.00868. The van der Waals surface area contributed by atoms with Crippen molar-refractivity contribution in [1.29, 1.82) is 0 Å². The van der Waals surface area contributed by atoms with E-state index in [1.807, 2.05) is 31.2 Å². The van der Waals surface area contributed by atoms with Crippen molar-refractivity contribution in [2.75, 3.05) is 6.61 Å². The van der Waals surface area contributed by atoms with E-state index in [1.165, 1.54) is 0 Å². The largest absolute Gasteiger partial charge is 0.396 e. The summed E-state index contributed by atoms with van der Waals surface area (Å²) < 4.78 is 1.78. The molecule has 0 unspecified atom stereocenters. The highest BCUT2D eigenvalue weighted by molar-refractivity contribution is 5.81. The van der Waals surface area contributed by atoms with Gasteiger partial charge in [-0.1, -0.05) is 25.0 Å². The predicted molar refractivity (Wildman–Crippen MR) is 99.5 cm³/mol. The van der Waals surface area contributed by atoms with Gasteiger partial charge in [-0.05, 0) is 31.9 Å². The molecule has 2 fully saturated rings. The van der Waals surface area contributed by atoms with E-state index in [4.69, 9.17) is 0 Å². The summed E-state index contributed by atoms with van der Waals surface area (Å²) in [6, 6.07) is 3.74. The van der Waals surface area contributed by atoms with Crippen molar-refractivity contribution in [3.63, 3.8) is 0 Å². The predicted octanol–water partition coefficient (Wildman–Crippen LogP) is 1.19. The quantitative estimate of drug-likeness (QED) is 0.756. The Bertz CT molecular complexity index is 779. The van der Waals surface area contributed by atoms with Gasteiger partial charge in [0, 0.05) is 42.4 Å². The molecule has 3 N–H and O–H groups in total. The van der Waals surface area contributed by atoms with E-state index in [-0.39, 0.29) is 48.0 Å². The topological polar surface area (TPSA) is 83.4 Å². The molecule has 1 aromatic rings. The van der Waals surface area contributed by atoms with Gasteiger partial charge >= 0.3 is 0 Å². The first-order chi connectivity index (χ1) is 12.6. The minimum atomic E-state index is -0.341. The Labute approximate surface area is 153 Å². The molecule has 1 saturated carbocycles. The van der Waals surface area contributed by atoms with E-state index in [0.717, 1.165) is 31.4 Å². The van der Waals surface area contributed by atoms with E-state index in [0.29, 0.717) is 12.1 Å². The number of hydrogen-bond acceptors (Lipinski definition) is 4. The third-order valence-electron chi connectivity index (χ3n) is 6.23. The maximum absolute atomic E-state index is 13.0. The second-order valence-electron chi connectivity index (χ2n) is 7.74. The smallest absolute Gasteiger partial charge is 0.258 e. The van der Waals surface area contributed by atoms with Crippen LogP contribution >= 0.6 is 0 Å². The molecule has 1 aliphatic carbocycles. The molecule has 0 aromatic carbocycles. The number of aliphatic hydroxyl groups is 1. The zero-order valence-electron chi connectivity index (χ0n) is 15.1. The summed E-state index contributed by atoms with van der Waals surface area (Å²) >= 11 is 0. The van der Waals surface area contributed by atoms with Crippen LogP contribution in [0.15, 0.2) is 23.0 Å². The molecule has 3 heterocycles. The average Bonchev–Trinajstić information content (AvgIpc) is 3.24. The molecule has 1 amide bonds. The number of fused-ring (bicyclic) bond motifs is 4. The Morgan fingerprint density at radius 1 is 1.38 bits per heavy atom. The number of amides is 1. The van der Waals surface area contributed by atoms with E-state index in [2.05, 4.69) is 10.6 Å². The van der Waals surface area contributed by atoms with E-state index >= 15 is 0 Å². The van der Waals surface area contributed by atoms with E-state index in [9.17, 15) is 14.7 Å². The zero-order valence-corrected chi connectivity index (χ0v) is 15.1. The van der Waals surface area contributed by atoms with Crippen LogP contribution in [0.25, 0.3) is 6.08 Å². The number of carbonyl (C=O) groups excluding carboxylic acids is 1. The van der Waals surface area contributed by atoms with Gasteiger partial charge in [-0.2, -0.15) is 0 Å². The highest BCUT2D eigenvalue weighted by atomic mass is 16.3. The Kier molecular flexibility index (Phi) is 4.71. The van der Waals surface area contributed by atoms with Crippen molar-refractivity contribution in [3.05, 3.63) is 39.8 Å². The van der Waals surface area contributed by atoms with E-state index in [1.54, 1.807) is 4.57 Å². The molecule has 6 heteroatoms. The van der Waals surface area contributed by atoms with Crippen LogP contribution in [0.1, 0.15) is 49.9 Å². The number of hydrogen-bond donors (Lipinski definition) is 3. The molecule has 4 atom stereocenters. The molecule has 140 valence electrons. The lowest BCUT2D eigenvalue weighted by Gasteiger charge is -2.28. The number of nitrogens with one attached hydrogen (secondary N) is 2. The Morgan fingerprint density at radius 2 is 2.15 bits per heavy atom. The fourth-order valence-electron chi connectivity index (χ4n) is 4.94. The van der Waals surface area contributed by atoms with Gasteiger partial charge in [-0.3, -0.25) is 9.59 Å². The molecular weight excluding hydrogens is 330 g/mol. The Hall–Kier alpha value is -1.92. The molecule has 0 radical (unpaired) electrons. The van der Waals surface area contributed by atoms with Gasteiger partial charge in [-0.25, -0.2) is 0 Å². The fraction of sp³-hybridized carbons (Fsp3) is 0.600. The number of pyridine rings is 1.